The van der Waals surface area contributed by atoms with Crippen molar-refractivity contribution in [3.63, 3.8) is 0 Å². The van der Waals surface area contributed by atoms with Gasteiger partial charge in [-0.15, -0.1) is 0 Å². The number of carbonyl (C=O) groups is 1. The molecule has 0 atom stereocenters. The highest BCUT2D eigenvalue weighted by atomic mass is 16.5. The van der Waals surface area contributed by atoms with E-state index >= 15 is 0 Å². The Morgan fingerprint density at radius 2 is 2.23 bits per heavy atom. The van der Waals surface area contributed by atoms with E-state index in [1.165, 1.54) is 0 Å². The van der Waals surface area contributed by atoms with Gasteiger partial charge in [0.2, 0.25) is 11.8 Å². The zero-order valence-electron chi connectivity index (χ0n) is 12.1. The second-order valence-corrected chi connectivity index (χ2v) is 5.03. The summed E-state index contributed by atoms with van der Waals surface area (Å²) in [6.07, 6.45) is 11.3. The summed E-state index contributed by atoms with van der Waals surface area (Å²) in [5.74, 6) is 1.20. The zero-order chi connectivity index (χ0) is 15.2. The highest BCUT2D eigenvalue weighted by Crippen LogP contribution is 2.16. The van der Waals surface area contributed by atoms with Crippen LogP contribution in [-0.2, 0) is 4.79 Å². The predicted octanol–water partition coefficient (Wildman–Crippen LogP) is 2.15. The van der Waals surface area contributed by atoms with Crippen molar-refractivity contribution in [1.29, 1.82) is 0 Å². The van der Waals surface area contributed by atoms with Crippen LogP contribution in [0.3, 0.4) is 0 Å². The van der Waals surface area contributed by atoms with Gasteiger partial charge in [0.15, 0.2) is 0 Å². The molecule has 1 saturated heterocycles. The largest absolute Gasteiger partial charge is 0.473 e. The fourth-order valence-electron chi connectivity index (χ4n) is 2.36. The number of furan rings is 1. The number of aromatic nitrogens is 2. The summed E-state index contributed by atoms with van der Waals surface area (Å²) in [7, 11) is 0. The topological polar surface area (TPSA) is 68.5 Å². The van der Waals surface area contributed by atoms with Crippen molar-refractivity contribution in [3.05, 3.63) is 48.8 Å². The second-order valence-electron chi connectivity index (χ2n) is 5.03. The number of amides is 1. The van der Waals surface area contributed by atoms with Crippen LogP contribution < -0.4 is 4.74 Å². The standard InChI is InChI=1S/C16H17N3O3/c20-16(4-3-13-2-1-11-21-13)19-9-5-14(6-10-19)22-15-12-17-7-8-18-15/h1-4,7-8,11-12,14H,5-6,9-10H2. The van der Waals surface area contributed by atoms with Crippen molar-refractivity contribution in [2.45, 2.75) is 18.9 Å². The molecule has 1 amide bonds. The number of piperidine rings is 1. The summed E-state index contributed by atoms with van der Waals surface area (Å²) in [6, 6.07) is 3.60. The third-order valence-electron chi connectivity index (χ3n) is 3.51. The molecule has 0 unspecified atom stereocenters. The maximum absolute atomic E-state index is 12.1. The summed E-state index contributed by atoms with van der Waals surface area (Å²) in [5.41, 5.74) is 0. The number of likely N-dealkylation sites (tertiary alicyclic amines) is 1. The molecule has 0 spiro atoms. The van der Waals surface area contributed by atoms with E-state index in [2.05, 4.69) is 9.97 Å². The van der Waals surface area contributed by atoms with Gasteiger partial charge < -0.3 is 14.1 Å². The molecule has 0 aromatic carbocycles. The number of rotatable bonds is 4. The van der Waals surface area contributed by atoms with Crippen molar-refractivity contribution < 1.29 is 13.9 Å². The molecule has 22 heavy (non-hydrogen) atoms. The first-order valence-electron chi connectivity index (χ1n) is 7.24. The Morgan fingerprint density at radius 3 is 2.91 bits per heavy atom. The van der Waals surface area contributed by atoms with E-state index in [0.717, 1.165) is 12.8 Å². The minimum Gasteiger partial charge on any atom is -0.473 e. The Hall–Kier alpha value is -2.63. The number of hydrogen-bond acceptors (Lipinski definition) is 5. The van der Waals surface area contributed by atoms with Gasteiger partial charge in [-0.25, -0.2) is 4.98 Å². The number of nitrogens with zero attached hydrogens (tertiary/aromatic N) is 3. The first-order valence-corrected chi connectivity index (χ1v) is 7.24. The van der Waals surface area contributed by atoms with Crippen molar-refractivity contribution >= 4 is 12.0 Å². The second kappa shape index (κ2) is 6.89. The zero-order valence-corrected chi connectivity index (χ0v) is 12.1. The van der Waals surface area contributed by atoms with Gasteiger partial charge in [0.1, 0.15) is 11.9 Å². The van der Waals surface area contributed by atoms with Crippen LogP contribution in [0.15, 0.2) is 47.5 Å². The van der Waals surface area contributed by atoms with Crippen LogP contribution >= 0.6 is 0 Å². The minimum absolute atomic E-state index is 0.00523. The third kappa shape index (κ3) is 3.72. The van der Waals surface area contributed by atoms with Gasteiger partial charge >= 0.3 is 0 Å². The van der Waals surface area contributed by atoms with E-state index in [-0.39, 0.29) is 12.0 Å². The molecule has 6 nitrogen and oxygen atoms in total. The highest BCUT2D eigenvalue weighted by Gasteiger charge is 2.23. The van der Waals surface area contributed by atoms with E-state index < -0.39 is 0 Å². The molecule has 6 heteroatoms. The monoisotopic (exact) mass is 299 g/mol. The molecule has 3 rings (SSSR count). The molecule has 2 aromatic rings. The molecular formula is C16H17N3O3. The number of carbonyl (C=O) groups excluding carboxylic acids is 1. The molecular weight excluding hydrogens is 282 g/mol. The number of ether oxygens (including phenoxy) is 1. The molecule has 114 valence electrons. The summed E-state index contributed by atoms with van der Waals surface area (Å²) >= 11 is 0. The maximum Gasteiger partial charge on any atom is 0.246 e. The van der Waals surface area contributed by atoms with Crippen molar-refractivity contribution in [1.82, 2.24) is 14.9 Å². The lowest BCUT2D eigenvalue weighted by Crippen LogP contribution is -2.41. The Balaban J connectivity index is 1.48. The molecule has 2 aromatic heterocycles. The smallest absolute Gasteiger partial charge is 0.246 e. The first-order chi connectivity index (χ1) is 10.8. The van der Waals surface area contributed by atoms with Crippen molar-refractivity contribution in [3.8, 4) is 5.88 Å². The average Bonchev–Trinajstić information content (AvgIpc) is 3.08. The quantitative estimate of drug-likeness (QED) is 0.809. The van der Waals surface area contributed by atoms with E-state index in [1.54, 1.807) is 43.1 Å². The van der Waals surface area contributed by atoms with Crippen LogP contribution in [0.1, 0.15) is 18.6 Å². The molecule has 0 N–H and O–H groups in total. The predicted molar refractivity (Wildman–Crippen MR) is 80.0 cm³/mol. The van der Waals surface area contributed by atoms with E-state index in [1.807, 2.05) is 11.0 Å². The molecule has 0 saturated carbocycles. The van der Waals surface area contributed by atoms with Crippen molar-refractivity contribution in [2.24, 2.45) is 0 Å². The van der Waals surface area contributed by atoms with E-state index in [0.29, 0.717) is 24.7 Å². The van der Waals surface area contributed by atoms with Gasteiger partial charge in [0.05, 0.1) is 12.5 Å². The van der Waals surface area contributed by atoms with Gasteiger partial charge in [-0.1, -0.05) is 0 Å². The van der Waals surface area contributed by atoms with Crippen LogP contribution in [-0.4, -0.2) is 40.0 Å². The van der Waals surface area contributed by atoms with Gasteiger partial charge in [0, 0.05) is 44.4 Å². The van der Waals surface area contributed by atoms with Gasteiger partial charge in [-0.2, -0.15) is 0 Å². The number of hydrogen-bond donors (Lipinski definition) is 0. The highest BCUT2D eigenvalue weighted by molar-refractivity contribution is 5.91. The summed E-state index contributed by atoms with van der Waals surface area (Å²) in [5, 5.41) is 0. The molecule has 1 fully saturated rings. The Morgan fingerprint density at radius 1 is 1.36 bits per heavy atom. The van der Waals surface area contributed by atoms with Crippen LogP contribution in [0.5, 0.6) is 5.88 Å². The first kappa shape index (κ1) is 14.3. The Labute approximate surface area is 128 Å². The SMILES string of the molecule is O=C(C=Cc1ccco1)N1CCC(Oc2cnccn2)CC1. The summed E-state index contributed by atoms with van der Waals surface area (Å²) in [4.78, 5) is 22.0. The normalized spacial score (nSPS) is 16.1. The average molecular weight is 299 g/mol. The third-order valence-corrected chi connectivity index (χ3v) is 3.51. The van der Waals surface area contributed by atoms with Crippen LogP contribution in [0, 0.1) is 0 Å². The van der Waals surface area contributed by atoms with E-state index in [9.17, 15) is 4.79 Å². The fourth-order valence-corrected chi connectivity index (χ4v) is 2.36. The van der Waals surface area contributed by atoms with Gasteiger partial charge in [-0.05, 0) is 18.2 Å². The summed E-state index contributed by atoms with van der Waals surface area (Å²) in [6.45, 7) is 1.35. The molecule has 0 aliphatic carbocycles. The van der Waals surface area contributed by atoms with Gasteiger partial charge in [-0.3, -0.25) is 9.78 Å². The lowest BCUT2D eigenvalue weighted by atomic mass is 10.1. The van der Waals surface area contributed by atoms with Crippen molar-refractivity contribution in [2.75, 3.05) is 13.1 Å². The maximum atomic E-state index is 12.1. The van der Waals surface area contributed by atoms with Crippen LogP contribution in [0.4, 0.5) is 0 Å². The Kier molecular flexibility index (Phi) is 4.48. The van der Waals surface area contributed by atoms with Crippen LogP contribution in [0.25, 0.3) is 6.08 Å². The van der Waals surface area contributed by atoms with Crippen LogP contribution in [0.2, 0.25) is 0 Å². The molecule has 0 bridgehead atoms. The molecule has 1 aliphatic rings. The molecule has 1 aliphatic heterocycles. The molecule has 3 heterocycles. The lowest BCUT2D eigenvalue weighted by Gasteiger charge is -2.31. The molecule has 0 radical (unpaired) electrons. The Bertz CT molecular complexity index is 617. The van der Waals surface area contributed by atoms with E-state index in [4.69, 9.17) is 9.15 Å². The minimum atomic E-state index is -0.00523. The fraction of sp³-hybridized carbons (Fsp3) is 0.312. The summed E-state index contributed by atoms with van der Waals surface area (Å²) < 4.78 is 10.9. The van der Waals surface area contributed by atoms with Gasteiger partial charge in [0.25, 0.3) is 0 Å². The lowest BCUT2D eigenvalue weighted by molar-refractivity contribution is -0.127.